The fourth-order valence-electron chi connectivity index (χ4n) is 2.78. The molecule has 0 unspecified atom stereocenters. The van der Waals surface area contributed by atoms with Gasteiger partial charge in [-0.25, -0.2) is 4.98 Å². The van der Waals surface area contributed by atoms with E-state index in [1.807, 2.05) is 19.0 Å². The summed E-state index contributed by atoms with van der Waals surface area (Å²) in [6.07, 6.45) is -3.36. The minimum Gasteiger partial charge on any atom is -0.508 e. The zero-order valence-electron chi connectivity index (χ0n) is 12.7. The molecule has 0 aliphatic rings. The van der Waals surface area contributed by atoms with Crippen LogP contribution in [0.5, 0.6) is 5.75 Å². The van der Waals surface area contributed by atoms with Crippen LogP contribution in [-0.4, -0.2) is 40.2 Å². The third-order valence-electron chi connectivity index (χ3n) is 3.80. The minimum atomic E-state index is -4.54. The van der Waals surface area contributed by atoms with Crippen molar-refractivity contribution in [2.45, 2.75) is 12.7 Å². The molecule has 2 aromatic heterocycles. The molecule has 3 aromatic rings. The molecule has 0 aliphatic carbocycles. The number of halogens is 3. The molecule has 0 saturated heterocycles. The average Bonchev–Trinajstić information content (AvgIpc) is 2.76. The smallest absolute Gasteiger partial charge is 0.435 e. The van der Waals surface area contributed by atoms with Crippen LogP contribution in [0.3, 0.4) is 0 Å². The van der Waals surface area contributed by atoms with Crippen molar-refractivity contribution in [2.75, 3.05) is 20.6 Å². The summed E-state index contributed by atoms with van der Waals surface area (Å²) in [6.45, 7) is 0.936. The Morgan fingerprint density at radius 2 is 1.91 bits per heavy atom. The fourth-order valence-corrected chi connectivity index (χ4v) is 2.78. The van der Waals surface area contributed by atoms with Crippen LogP contribution in [0.4, 0.5) is 13.2 Å². The van der Waals surface area contributed by atoms with Gasteiger partial charge in [-0.2, -0.15) is 13.2 Å². The van der Waals surface area contributed by atoms with E-state index in [1.165, 1.54) is 18.3 Å². The number of pyridine rings is 1. The molecule has 0 spiro atoms. The lowest BCUT2D eigenvalue weighted by Crippen LogP contribution is -2.19. The molecule has 23 heavy (non-hydrogen) atoms. The summed E-state index contributed by atoms with van der Waals surface area (Å²) in [4.78, 5) is 5.45. The van der Waals surface area contributed by atoms with Gasteiger partial charge in [-0.15, -0.1) is 0 Å². The van der Waals surface area contributed by atoms with E-state index in [0.717, 1.165) is 0 Å². The van der Waals surface area contributed by atoms with Gasteiger partial charge < -0.3 is 14.6 Å². The quantitative estimate of drug-likeness (QED) is 0.802. The van der Waals surface area contributed by atoms with Gasteiger partial charge in [0.2, 0.25) is 0 Å². The third-order valence-corrected chi connectivity index (χ3v) is 3.80. The summed E-state index contributed by atoms with van der Waals surface area (Å²) in [5.41, 5.74) is -0.271. The summed E-state index contributed by atoms with van der Waals surface area (Å²) < 4.78 is 41.7. The van der Waals surface area contributed by atoms with Crippen molar-refractivity contribution in [1.29, 1.82) is 0 Å². The van der Waals surface area contributed by atoms with Gasteiger partial charge in [0, 0.05) is 36.1 Å². The second kappa shape index (κ2) is 5.42. The molecule has 0 bridgehead atoms. The molecule has 1 N–H and O–H groups in total. The van der Waals surface area contributed by atoms with Gasteiger partial charge in [0.05, 0.1) is 11.0 Å². The van der Waals surface area contributed by atoms with E-state index >= 15 is 0 Å². The van der Waals surface area contributed by atoms with Crippen LogP contribution in [-0.2, 0) is 12.7 Å². The maximum absolute atomic E-state index is 13.4. The highest BCUT2D eigenvalue weighted by atomic mass is 19.4. The first-order chi connectivity index (χ1) is 10.8. The number of rotatable bonds is 3. The van der Waals surface area contributed by atoms with Crippen molar-refractivity contribution in [1.82, 2.24) is 14.5 Å². The molecule has 0 amide bonds. The van der Waals surface area contributed by atoms with E-state index in [2.05, 4.69) is 4.98 Å². The SMILES string of the molecule is CN(C)CCn1c2cc(O)ccc2c2ccnc(C(F)(F)F)c21. The Hall–Kier alpha value is -2.28. The summed E-state index contributed by atoms with van der Waals surface area (Å²) in [5.74, 6) is 0.0212. The van der Waals surface area contributed by atoms with Crippen molar-refractivity contribution in [3.8, 4) is 5.75 Å². The van der Waals surface area contributed by atoms with Crippen LogP contribution in [0, 0.1) is 0 Å². The second-order valence-corrected chi connectivity index (χ2v) is 5.71. The van der Waals surface area contributed by atoms with Gasteiger partial charge in [-0.05, 0) is 32.3 Å². The van der Waals surface area contributed by atoms with Crippen molar-refractivity contribution in [3.63, 3.8) is 0 Å². The first-order valence-corrected chi connectivity index (χ1v) is 7.11. The lowest BCUT2D eigenvalue weighted by atomic mass is 10.1. The number of hydrogen-bond acceptors (Lipinski definition) is 3. The summed E-state index contributed by atoms with van der Waals surface area (Å²) in [6, 6.07) is 6.19. The molecular weight excluding hydrogens is 307 g/mol. The van der Waals surface area contributed by atoms with Gasteiger partial charge in [-0.1, -0.05) is 0 Å². The van der Waals surface area contributed by atoms with E-state index < -0.39 is 11.9 Å². The molecule has 0 fully saturated rings. The molecule has 7 heteroatoms. The largest absolute Gasteiger partial charge is 0.508 e. The normalized spacial score (nSPS) is 12.6. The number of aromatic hydroxyl groups is 1. The van der Waals surface area contributed by atoms with Gasteiger partial charge in [0.1, 0.15) is 5.75 Å². The van der Waals surface area contributed by atoms with Gasteiger partial charge >= 0.3 is 6.18 Å². The predicted octanol–water partition coefficient (Wildman–Crippen LogP) is 3.48. The van der Waals surface area contributed by atoms with E-state index in [4.69, 9.17) is 0 Å². The standard InChI is InChI=1S/C16H16F3N3O/c1-21(2)7-8-22-13-9-10(23)3-4-11(13)12-5-6-20-15(14(12)22)16(17,18)19/h3-6,9,23H,7-8H2,1-2H3. The number of benzene rings is 1. The van der Waals surface area contributed by atoms with Gasteiger partial charge in [0.15, 0.2) is 5.69 Å². The lowest BCUT2D eigenvalue weighted by Gasteiger charge is -2.14. The Kier molecular flexibility index (Phi) is 3.68. The molecule has 3 rings (SSSR count). The van der Waals surface area contributed by atoms with E-state index in [1.54, 1.807) is 16.7 Å². The van der Waals surface area contributed by atoms with Gasteiger partial charge in [-0.3, -0.25) is 0 Å². The van der Waals surface area contributed by atoms with Crippen LogP contribution < -0.4 is 0 Å². The summed E-state index contributed by atoms with van der Waals surface area (Å²) in [5, 5.41) is 10.9. The molecule has 0 saturated carbocycles. The molecule has 0 atom stereocenters. The van der Waals surface area contributed by atoms with Crippen LogP contribution in [0.1, 0.15) is 5.69 Å². The van der Waals surface area contributed by atoms with E-state index in [9.17, 15) is 18.3 Å². The molecule has 2 heterocycles. The maximum atomic E-state index is 13.4. The van der Waals surface area contributed by atoms with Crippen molar-refractivity contribution >= 4 is 21.8 Å². The molecule has 1 aromatic carbocycles. The minimum absolute atomic E-state index is 0.0212. The first kappa shape index (κ1) is 15.6. The number of alkyl halides is 3. The van der Waals surface area contributed by atoms with Crippen LogP contribution >= 0.6 is 0 Å². The predicted molar refractivity (Wildman–Crippen MR) is 82.5 cm³/mol. The number of phenols is 1. The molecule has 0 aliphatic heterocycles. The Morgan fingerprint density at radius 1 is 1.17 bits per heavy atom. The fraction of sp³-hybridized carbons (Fsp3) is 0.312. The summed E-state index contributed by atoms with van der Waals surface area (Å²) >= 11 is 0. The zero-order valence-corrected chi connectivity index (χ0v) is 12.7. The second-order valence-electron chi connectivity index (χ2n) is 5.71. The van der Waals surface area contributed by atoms with Crippen LogP contribution in [0.25, 0.3) is 21.8 Å². The molecule has 122 valence electrons. The van der Waals surface area contributed by atoms with Gasteiger partial charge in [0.25, 0.3) is 0 Å². The number of aromatic nitrogens is 2. The Bertz CT molecular complexity index is 868. The first-order valence-electron chi connectivity index (χ1n) is 7.11. The zero-order chi connectivity index (χ0) is 16.8. The molecular formula is C16H16F3N3O. The third kappa shape index (κ3) is 2.72. The van der Waals surface area contributed by atoms with Crippen LogP contribution in [0.15, 0.2) is 30.5 Å². The van der Waals surface area contributed by atoms with Crippen molar-refractivity contribution < 1.29 is 18.3 Å². The highest BCUT2D eigenvalue weighted by molar-refractivity contribution is 6.09. The topological polar surface area (TPSA) is 41.3 Å². The number of likely N-dealkylation sites (N-methyl/N-ethyl adjacent to an activating group) is 1. The Labute approximate surface area is 130 Å². The number of hydrogen-bond donors (Lipinski definition) is 1. The van der Waals surface area contributed by atoms with E-state index in [0.29, 0.717) is 29.4 Å². The number of nitrogens with zero attached hydrogens (tertiary/aromatic N) is 3. The number of phenolic OH excluding ortho intramolecular Hbond substituents is 1. The van der Waals surface area contributed by atoms with Crippen molar-refractivity contribution in [3.05, 3.63) is 36.2 Å². The molecule has 0 radical (unpaired) electrons. The summed E-state index contributed by atoms with van der Waals surface area (Å²) in [7, 11) is 3.71. The van der Waals surface area contributed by atoms with E-state index in [-0.39, 0.29) is 11.3 Å². The average molecular weight is 323 g/mol. The monoisotopic (exact) mass is 323 g/mol. The number of fused-ring (bicyclic) bond motifs is 3. The lowest BCUT2D eigenvalue weighted by molar-refractivity contribution is -0.140. The highest BCUT2D eigenvalue weighted by Gasteiger charge is 2.36. The van der Waals surface area contributed by atoms with Crippen molar-refractivity contribution in [2.24, 2.45) is 0 Å². The van der Waals surface area contributed by atoms with Crippen LogP contribution in [0.2, 0.25) is 0 Å². The highest BCUT2D eigenvalue weighted by Crippen LogP contribution is 2.38. The Balaban J connectivity index is 2.39. The Morgan fingerprint density at radius 3 is 2.57 bits per heavy atom. The molecule has 4 nitrogen and oxygen atoms in total. The maximum Gasteiger partial charge on any atom is 0.435 e.